The number of carbonyl (C=O) groups is 4. The molecule has 10 nitrogen and oxygen atoms in total. The molecule has 1 unspecified atom stereocenters. The fourth-order valence-electron chi connectivity index (χ4n) is 2.80. The summed E-state index contributed by atoms with van der Waals surface area (Å²) in [7, 11) is 0. The van der Waals surface area contributed by atoms with Gasteiger partial charge < -0.3 is 30.0 Å². The molecule has 1 atom stereocenters. The first kappa shape index (κ1) is 29.0. The molecule has 0 aromatic rings. The number of carboxylic acids is 1. The second-order valence-electron chi connectivity index (χ2n) is 8.17. The Kier molecular flexibility index (Phi) is 14.2. The van der Waals surface area contributed by atoms with Crippen molar-refractivity contribution in [1.82, 2.24) is 10.6 Å². The Labute approximate surface area is 189 Å². The van der Waals surface area contributed by atoms with E-state index in [4.69, 9.17) is 19.3 Å². The predicted octanol–water partition coefficient (Wildman–Crippen LogP) is 3.03. The van der Waals surface area contributed by atoms with Crippen LogP contribution < -0.4 is 10.6 Å². The van der Waals surface area contributed by atoms with E-state index < -0.39 is 24.1 Å². The van der Waals surface area contributed by atoms with Crippen LogP contribution in [0.2, 0.25) is 0 Å². The summed E-state index contributed by atoms with van der Waals surface area (Å²) < 4.78 is 14.7. The van der Waals surface area contributed by atoms with Crippen LogP contribution in [0.3, 0.4) is 0 Å². The molecule has 0 saturated heterocycles. The zero-order valence-corrected chi connectivity index (χ0v) is 19.4. The van der Waals surface area contributed by atoms with Gasteiger partial charge in [0, 0.05) is 31.2 Å². The maximum Gasteiger partial charge on any atom is 0.407 e. The summed E-state index contributed by atoms with van der Waals surface area (Å²) in [4.78, 5) is 44.9. The Balaban J connectivity index is 3.99. The van der Waals surface area contributed by atoms with Gasteiger partial charge >= 0.3 is 24.1 Å². The van der Waals surface area contributed by atoms with Crippen LogP contribution in [0.5, 0.6) is 0 Å². The highest BCUT2D eigenvalue weighted by molar-refractivity contribution is 5.85. The number of carbonyl (C=O) groups excluding carboxylic acids is 3. The molecule has 0 aliphatic carbocycles. The van der Waals surface area contributed by atoms with Crippen LogP contribution in [0, 0.1) is 11.3 Å². The van der Waals surface area contributed by atoms with Crippen molar-refractivity contribution in [2.75, 3.05) is 32.9 Å². The van der Waals surface area contributed by atoms with Gasteiger partial charge in [-0.3, -0.25) is 0 Å². The fourth-order valence-corrected chi connectivity index (χ4v) is 2.80. The third kappa shape index (κ3) is 15.8. The lowest BCUT2D eigenvalue weighted by molar-refractivity contribution is -0.138. The number of rotatable bonds is 15. The van der Waals surface area contributed by atoms with Crippen molar-refractivity contribution in [3.05, 3.63) is 24.3 Å². The van der Waals surface area contributed by atoms with Gasteiger partial charge in [-0.1, -0.05) is 33.4 Å². The minimum absolute atomic E-state index is 0.0349. The Hall–Kier alpha value is -3.04. The van der Waals surface area contributed by atoms with Crippen LogP contribution in [0.4, 0.5) is 9.59 Å². The third-order valence-corrected chi connectivity index (χ3v) is 4.39. The maximum atomic E-state index is 11.7. The molecule has 0 bridgehead atoms. The molecular formula is C22H36N2O8. The predicted molar refractivity (Wildman–Crippen MR) is 118 cm³/mol. The van der Waals surface area contributed by atoms with Crippen LogP contribution in [0.1, 0.15) is 47.0 Å². The van der Waals surface area contributed by atoms with E-state index in [0.717, 1.165) is 18.9 Å². The highest BCUT2D eigenvalue weighted by Crippen LogP contribution is 2.26. The molecule has 0 saturated carbocycles. The summed E-state index contributed by atoms with van der Waals surface area (Å²) in [5.74, 6) is -1.29. The first-order valence-electron chi connectivity index (χ1n) is 10.5. The van der Waals surface area contributed by atoms with Gasteiger partial charge in [-0.15, -0.1) is 0 Å². The van der Waals surface area contributed by atoms with Gasteiger partial charge in [0.2, 0.25) is 0 Å². The van der Waals surface area contributed by atoms with Crippen LogP contribution in [-0.2, 0) is 23.8 Å². The molecule has 0 heterocycles. The lowest BCUT2D eigenvalue weighted by Crippen LogP contribution is -2.36. The zero-order chi connectivity index (χ0) is 24.6. The number of aliphatic carboxylic acids is 1. The van der Waals surface area contributed by atoms with Gasteiger partial charge in [0.1, 0.15) is 13.2 Å². The van der Waals surface area contributed by atoms with E-state index >= 15 is 0 Å². The molecule has 0 fully saturated rings. The highest BCUT2D eigenvalue weighted by atomic mass is 16.6. The third-order valence-electron chi connectivity index (χ3n) is 4.39. The number of nitrogens with one attached hydrogen (secondary N) is 2. The fraction of sp³-hybridized carbons (Fsp3) is 0.636. The van der Waals surface area contributed by atoms with Crippen LogP contribution in [0.15, 0.2) is 24.3 Å². The Morgan fingerprint density at radius 2 is 1.62 bits per heavy atom. The van der Waals surface area contributed by atoms with E-state index in [1.807, 2.05) is 13.8 Å². The van der Waals surface area contributed by atoms with Crippen molar-refractivity contribution in [2.24, 2.45) is 11.3 Å². The monoisotopic (exact) mass is 456 g/mol. The van der Waals surface area contributed by atoms with Crippen molar-refractivity contribution in [3.63, 3.8) is 0 Å². The second-order valence-corrected chi connectivity index (χ2v) is 8.17. The summed E-state index contributed by atoms with van der Waals surface area (Å²) in [6, 6.07) is 0. The van der Waals surface area contributed by atoms with Crippen molar-refractivity contribution >= 4 is 24.1 Å². The first-order chi connectivity index (χ1) is 15.0. The average Bonchev–Trinajstić information content (AvgIpc) is 2.72. The summed E-state index contributed by atoms with van der Waals surface area (Å²) in [6.45, 7) is 11.7. The molecule has 0 aliphatic heterocycles. The summed E-state index contributed by atoms with van der Waals surface area (Å²) in [5.41, 5.74) is 0.0185. The number of alkyl carbamates (subject to hydrolysis) is 2. The zero-order valence-electron chi connectivity index (χ0n) is 19.4. The van der Waals surface area contributed by atoms with Crippen molar-refractivity contribution in [2.45, 2.75) is 47.0 Å². The van der Waals surface area contributed by atoms with Gasteiger partial charge in [-0.25, -0.2) is 19.2 Å². The molecule has 0 aromatic heterocycles. The van der Waals surface area contributed by atoms with Gasteiger partial charge in [0.25, 0.3) is 0 Å². The molecule has 0 spiro atoms. The normalized spacial score (nSPS) is 12.3. The van der Waals surface area contributed by atoms with E-state index in [2.05, 4.69) is 24.1 Å². The molecule has 0 rings (SSSR count). The average molecular weight is 457 g/mol. The smallest absolute Gasteiger partial charge is 0.407 e. The quantitative estimate of drug-likeness (QED) is 0.148. The highest BCUT2D eigenvalue weighted by Gasteiger charge is 2.22. The number of esters is 1. The molecule has 3 N–H and O–H groups in total. The van der Waals surface area contributed by atoms with E-state index in [1.54, 1.807) is 0 Å². The molecule has 10 heteroatoms. The second kappa shape index (κ2) is 15.7. The Morgan fingerprint density at radius 3 is 2.25 bits per heavy atom. The van der Waals surface area contributed by atoms with E-state index in [0.29, 0.717) is 19.5 Å². The summed E-state index contributed by atoms with van der Waals surface area (Å²) >= 11 is 0. The van der Waals surface area contributed by atoms with Gasteiger partial charge in [-0.05, 0) is 31.1 Å². The van der Waals surface area contributed by atoms with Crippen LogP contribution in [0.25, 0.3) is 0 Å². The molecule has 0 aromatic carbocycles. The Bertz CT molecular complexity index is 673. The molecule has 182 valence electrons. The van der Waals surface area contributed by atoms with Crippen molar-refractivity contribution in [1.29, 1.82) is 0 Å². The number of hydrogen-bond donors (Lipinski definition) is 3. The number of hydrogen-bond acceptors (Lipinski definition) is 7. The van der Waals surface area contributed by atoms with Crippen LogP contribution >= 0.6 is 0 Å². The minimum atomic E-state index is -0.995. The molecule has 0 aliphatic rings. The standard InChI is InChI=1S/C22H36N2O8/c1-6-18(25)30-12-13-32-21(29)24-15-22(4,5)14-16(2)9-10-23-20(28)31-11-7-8-17(3)19(26)27/h6,8,16H,1,7,9-15H2,2-5H3,(H,23,28)(H,24,29)(H,26,27). The number of amides is 2. The number of ether oxygens (including phenoxy) is 3. The lowest BCUT2D eigenvalue weighted by Gasteiger charge is -2.28. The Morgan fingerprint density at radius 1 is 1.03 bits per heavy atom. The molecule has 0 radical (unpaired) electrons. The van der Waals surface area contributed by atoms with E-state index in [9.17, 15) is 19.2 Å². The summed E-state index contributed by atoms with van der Waals surface area (Å²) in [5, 5.41) is 14.1. The van der Waals surface area contributed by atoms with Crippen LogP contribution in [-0.4, -0.2) is 62.1 Å². The van der Waals surface area contributed by atoms with Crippen molar-refractivity contribution in [3.8, 4) is 0 Å². The van der Waals surface area contributed by atoms with E-state index in [-0.39, 0.29) is 36.7 Å². The van der Waals surface area contributed by atoms with Crippen molar-refractivity contribution < 1.29 is 38.5 Å². The van der Waals surface area contributed by atoms with E-state index in [1.165, 1.54) is 13.0 Å². The lowest BCUT2D eigenvalue weighted by atomic mass is 9.82. The topological polar surface area (TPSA) is 140 Å². The largest absolute Gasteiger partial charge is 0.478 e. The minimum Gasteiger partial charge on any atom is -0.478 e. The summed E-state index contributed by atoms with van der Waals surface area (Å²) in [6.07, 6.45) is 3.29. The maximum absolute atomic E-state index is 11.7. The SMILES string of the molecule is C=CC(=O)OCCOC(=O)NCC(C)(C)CC(C)CCNC(=O)OCCC=C(C)C(=O)O. The van der Waals surface area contributed by atoms with Gasteiger partial charge in [-0.2, -0.15) is 0 Å². The number of carboxylic acid groups (broad SMARTS) is 1. The first-order valence-corrected chi connectivity index (χ1v) is 10.5. The van der Waals surface area contributed by atoms with Gasteiger partial charge in [0.05, 0.1) is 6.61 Å². The molecular weight excluding hydrogens is 420 g/mol. The molecule has 2 amide bonds. The molecule has 32 heavy (non-hydrogen) atoms. The van der Waals surface area contributed by atoms with Gasteiger partial charge in [0.15, 0.2) is 0 Å².